The highest BCUT2D eigenvalue weighted by atomic mass is 16.7. The van der Waals surface area contributed by atoms with E-state index in [1.807, 2.05) is 0 Å². The van der Waals surface area contributed by atoms with Crippen LogP contribution in [0.2, 0.25) is 0 Å². The molecule has 0 spiro atoms. The highest BCUT2D eigenvalue weighted by Gasteiger charge is 2.47. The molecule has 64 heavy (non-hydrogen) atoms. The molecule has 2 saturated heterocycles. The fourth-order valence-corrected chi connectivity index (χ4v) is 7.27. The van der Waals surface area contributed by atoms with E-state index in [0.717, 1.165) is 64.2 Å². The van der Waals surface area contributed by atoms with E-state index in [9.17, 15) is 45.3 Å². The summed E-state index contributed by atoms with van der Waals surface area (Å²) in [6.07, 6.45) is 21.5. The highest BCUT2D eigenvalue weighted by molar-refractivity contribution is 5.70. The van der Waals surface area contributed by atoms with Gasteiger partial charge in [0.15, 0.2) is 18.7 Å². The van der Waals surface area contributed by atoms with Crippen molar-refractivity contribution in [3.05, 3.63) is 48.6 Å². The Kier molecular flexibility index (Phi) is 32.9. The summed E-state index contributed by atoms with van der Waals surface area (Å²) < 4.78 is 33.5. The van der Waals surface area contributed by atoms with Crippen molar-refractivity contribution in [3.8, 4) is 0 Å². The van der Waals surface area contributed by atoms with Gasteiger partial charge in [-0.15, -0.1) is 0 Å². The molecule has 0 saturated carbocycles. The maximum Gasteiger partial charge on any atom is 0.306 e. The number of aliphatic hydroxyl groups is 7. The van der Waals surface area contributed by atoms with Crippen LogP contribution in [0.1, 0.15) is 155 Å². The Morgan fingerprint density at radius 1 is 0.500 bits per heavy atom. The van der Waals surface area contributed by atoms with Crippen molar-refractivity contribution in [2.24, 2.45) is 0 Å². The molecule has 0 aromatic rings. The standard InChI is InChI=1S/C49H84O15/c1-3-5-7-9-11-13-15-16-17-18-19-20-22-24-26-28-30-32-41(52)62-37(34-59-40(51)31-29-27-25-23-21-14-12-10-8-6-4-2)35-60-48-47(58)45(56)43(54)39(64-48)36-61-49-46(57)44(55)42(53)38(33-50)63-49/h7,9,13,15,17-18,20,22,37-39,42-50,53-58H,3-6,8,10-12,14,16,19,21,23-36H2,1-2H3/b9-7+,15-13+,18-17+,22-20+/t37-,38+,39+,42-,43-,44?,45?,46?,47?,48+,49+/m1/s1. The molecule has 0 radical (unpaired) electrons. The van der Waals surface area contributed by atoms with Gasteiger partial charge in [-0.05, 0) is 51.4 Å². The number of unbranched alkanes of at least 4 members (excludes halogenated alkanes) is 14. The molecular weight excluding hydrogens is 829 g/mol. The Hall–Kier alpha value is -2.54. The predicted molar refractivity (Wildman–Crippen MR) is 243 cm³/mol. The first-order chi connectivity index (χ1) is 31.0. The van der Waals surface area contributed by atoms with E-state index in [-0.39, 0.29) is 19.4 Å². The molecule has 2 aliphatic heterocycles. The molecule has 370 valence electrons. The van der Waals surface area contributed by atoms with Crippen LogP contribution in [0.15, 0.2) is 48.6 Å². The number of hydrogen-bond donors (Lipinski definition) is 7. The van der Waals surface area contributed by atoms with E-state index in [1.165, 1.54) is 51.4 Å². The minimum absolute atomic E-state index is 0.127. The number of carbonyl (C=O) groups is 2. The van der Waals surface area contributed by atoms with Gasteiger partial charge >= 0.3 is 11.9 Å². The average Bonchev–Trinajstić information content (AvgIpc) is 3.29. The van der Waals surface area contributed by atoms with Crippen LogP contribution in [0, 0.1) is 0 Å². The summed E-state index contributed by atoms with van der Waals surface area (Å²) in [5.74, 6) is -0.964. The van der Waals surface area contributed by atoms with Gasteiger partial charge in [-0.2, -0.15) is 0 Å². The van der Waals surface area contributed by atoms with Gasteiger partial charge in [-0.1, -0.05) is 140 Å². The quantitative estimate of drug-likeness (QED) is 0.0220. The lowest BCUT2D eigenvalue weighted by molar-refractivity contribution is -0.332. The minimum atomic E-state index is -1.77. The number of carbonyl (C=O) groups excluding carboxylic acids is 2. The SMILES string of the molecule is CCC/C=C/C/C=C/C/C=C/C/C=C/CCCCCC(=O)O[C@H](COC(=O)CCCCCCCCCCCCC)CO[C@H]1O[C@@H](CO[C@H]2O[C@@H](CO)[C@@H](O)C(O)C2O)[C@@H](O)C(O)C1O. The first-order valence-corrected chi connectivity index (χ1v) is 24.2. The molecule has 0 amide bonds. The van der Waals surface area contributed by atoms with Gasteiger partial charge in [0.1, 0.15) is 55.4 Å². The number of aliphatic hydroxyl groups excluding tert-OH is 7. The van der Waals surface area contributed by atoms with Crippen molar-refractivity contribution in [1.29, 1.82) is 0 Å². The van der Waals surface area contributed by atoms with Crippen LogP contribution in [0.5, 0.6) is 0 Å². The number of esters is 2. The van der Waals surface area contributed by atoms with Crippen LogP contribution < -0.4 is 0 Å². The fraction of sp³-hybridized carbons (Fsp3) is 0.796. The van der Waals surface area contributed by atoms with Gasteiger partial charge in [0.25, 0.3) is 0 Å². The first kappa shape index (κ1) is 57.6. The van der Waals surface area contributed by atoms with Crippen molar-refractivity contribution in [1.82, 2.24) is 0 Å². The third kappa shape index (κ3) is 24.8. The van der Waals surface area contributed by atoms with E-state index in [1.54, 1.807) is 0 Å². The monoisotopic (exact) mass is 913 g/mol. The highest BCUT2D eigenvalue weighted by Crippen LogP contribution is 2.26. The molecule has 15 nitrogen and oxygen atoms in total. The molecule has 2 heterocycles. The number of ether oxygens (including phenoxy) is 6. The Morgan fingerprint density at radius 2 is 0.969 bits per heavy atom. The summed E-state index contributed by atoms with van der Waals surface area (Å²) in [5.41, 5.74) is 0. The van der Waals surface area contributed by atoms with E-state index < -0.39 is 99.3 Å². The molecule has 0 aromatic carbocycles. The second kappa shape index (κ2) is 36.6. The smallest absolute Gasteiger partial charge is 0.306 e. The summed E-state index contributed by atoms with van der Waals surface area (Å²) in [4.78, 5) is 25.7. The molecule has 2 rings (SSSR count). The Balaban J connectivity index is 1.85. The minimum Gasteiger partial charge on any atom is -0.462 e. The summed E-state index contributed by atoms with van der Waals surface area (Å²) in [6.45, 7) is 2.46. The summed E-state index contributed by atoms with van der Waals surface area (Å²) in [5, 5.41) is 71.9. The van der Waals surface area contributed by atoms with Crippen LogP contribution in [0.4, 0.5) is 0 Å². The Bertz CT molecular complexity index is 1300. The zero-order chi connectivity index (χ0) is 46.8. The van der Waals surface area contributed by atoms with Crippen LogP contribution >= 0.6 is 0 Å². The molecular formula is C49H84O15. The van der Waals surface area contributed by atoms with Gasteiger partial charge in [-0.3, -0.25) is 9.59 Å². The second-order valence-corrected chi connectivity index (χ2v) is 16.9. The van der Waals surface area contributed by atoms with Crippen LogP contribution in [0.25, 0.3) is 0 Å². The van der Waals surface area contributed by atoms with Crippen molar-refractivity contribution >= 4 is 11.9 Å². The third-order valence-electron chi connectivity index (χ3n) is 11.3. The van der Waals surface area contributed by atoms with Gasteiger partial charge in [0.05, 0.1) is 19.8 Å². The number of allylic oxidation sites excluding steroid dienone is 8. The lowest BCUT2D eigenvalue weighted by Crippen LogP contribution is -2.61. The third-order valence-corrected chi connectivity index (χ3v) is 11.3. The zero-order valence-electron chi connectivity index (χ0n) is 38.8. The summed E-state index contributed by atoms with van der Waals surface area (Å²) >= 11 is 0. The van der Waals surface area contributed by atoms with Gasteiger partial charge in [0.2, 0.25) is 0 Å². The molecule has 2 aliphatic rings. The Morgan fingerprint density at radius 3 is 1.53 bits per heavy atom. The van der Waals surface area contributed by atoms with Crippen molar-refractivity contribution in [3.63, 3.8) is 0 Å². The maximum absolute atomic E-state index is 13.0. The molecule has 15 heteroatoms. The van der Waals surface area contributed by atoms with Gasteiger partial charge in [0, 0.05) is 12.8 Å². The summed E-state index contributed by atoms with van der Waals surface area (Å²) in [7, 11) is 0. The number of hydrogen-bond acceptors (Lipinski definition) is 15. The lowest BCUT2D eigenvalue weighted by Gasteiger charge is -2.42. The second-order valence-electron chi connectivity index (χ2n) is 16.9. The van der Waals surface area contributed by atoms with E-state index in [0.29, 0.717) is 12.8 Å². The van der Waals surface area contributed by atoms with E-state index >= 15 is 0 Å². The molecule has 0 aliphatic carbocycles. The maximum atomic E-state index is 13.0. The molecule has 0 bridgehead atoms. The van der Waals surface area contributed by atoms with Crippen LogP contribution in [0.3, 0.4) is 0 Å². The van der Waals surface area contributed by atoms with E-state index in [2.05, 4.69) is 62.5 Å². The van der Waals surface area contributed by atoms with Crippen molar-refractivity contribution in [2.75, 3.05) is 26.4 Å². The summed E-state index contributed by atoms with van der Waals surface area (Å²) in [6, 6.07) is 0. The topological polar surface area (TPSA) is 231 Å². The normalized spacial score (nSPS) is 27.0. The molecule has 7 N–H and O–H groups in total. The predicted octanol–water partition coefficient (Wildman–Crippen LogP) is 5.93. The molecule has 2 fully saturated rings. The fourth-order valence-electron chi connectivity index (χ4n) is 7.27. The van der Waals surface area contributed by atoms with E-state index in [4.69, 9.17) is 28.4 Å². The molecule has 0 aromatic heterocycles. The molecule has 11 atom stereocenters. The van der Waals surface area contributed by atoms with Crippen LogP contribution in [-0.4, -0.2) is 142 Å². The number of rotatable bonds is 36. The van der Waals surface area contributed by atoms with Crippen molar-refractivity contribution in [2.45, 2.75) is 223 Å². The van der Waals surface area contributed by atoms with Crippen molar-refractivity contribution < 1.29 is 73.8 Å². The van der Waals surface area contributed by atoms with Gasteiger partial charge < -0.3 is 64.2 Å². The average molecular weight is 913 g/mol. The lowest BCUT2D eigenvalue weighted by atomic mass is 9.98. The zero-order valence-corrected chi connectivity index (χ0v) is 38.8. The largest absolute Gasteiger partial charge is 0.462 e. The Labute approximate surface area is 382 Å². The van der Waals surface area contributed by atoms with Gasteiger partial charge in [-0.25, -0.2) is 0 Å². The first-order valence-electron chi connectivity index (χ1n) is 24.2. The molecule has 4 unspecified atom stereocenters. The van der Waals surface area contributed by atoms with Crippen LogP contribution in [-0.2, 0) is 38.0 Å².